The summed E-state index contributed by atoms with van der Waals surface area (Å²) in [6, 6.07) is 1.22. The zero-order valence-corrected chi connectivity index (χ0v) is 13.6. The predicted octanol–water partition coefficient (Wildman–Crippen LogP) is -0.0302. The molecule has 3 aromatic heterocycles. The molecule has 1 fully saturated rings. The number of nitrogens with zero attached hydrogens (tertiary/aromatic N) is 6. The maximum absolute atomic E-state index is 12.6. The minimum Gasteiger partial charge on any atom is -0.388 e. The van der Waals surface area contributed by atoms with E-state index in [0.29, 0.717) is 36.4 Å². The fourth-order valence-corrected chi connectivity index (χ4v) is 3.24. The average Bonchev–Trinajstić information content (AvgIpc) is 3.24. The summed E-state index contributed by atoms with van der Waals surface area (Å²) in [5.74, 6) is 0.126. The summed E-state index contributed by atoms with van der Waals surface area (Å²) in [7, 11) is 0. The number of amides is 1. The van der Waals surface area contributed by atoms with E-state index in [4.69, 9.17) is 5.73 Å². The van der Waals surface area contributed by atoms with Crippen LogP contribution in [0, 0.1) is 0 Å². The molecule has 4 N–H and O–H groups in total. The van der Waals surface area contributed by atoms with E-state index in [1.807, 2.05) is 0 Å². The van der Waals surface area contributed by atoms with Crippen LogP contribution in [0.15, 0.2) is 24.9 Å². The van der Waals surface area contributed by atoms with Crippen molar-refractivity contribution in [2.45, 2.75) is 25.0 Å². The number of anilines is 1. The van der Waals surface area contributed by atoms with Crippen molar-refractivity contribution in [2.75, 3.05) is 18.8 Å². The van der Waals surface area contributed by atoms with E-state index in [1.165, 1.54) is 12.5 Å². The molecule has 4 heterocycles. The second-order valence-electron chi connectivity index (χ2n) is 6.43. The SMILES string of the molecule is C[C@@]1(O)CCN(C(=O)c2ccn[nH]2)C[C@H]1n1cnc2c(N)ncnc21. The number of rotatable bonds is 2. The number of H-pyrrole nitrogens is 1. The van der Waals surface area contributed by atoms with E-state index in [2.05, 4.69) is 25.1 Å². The summed E-state index contributed by atoms with van der Waals surface area (Å²) < 4.78 is 1.76. The monoisotopic (exact) mass is 342 g/mol. The van der Waals surface area contributed by atoms with Crippen molar-refractivity contribution in [3.8, 4) is 0 Å². The molecule has 0 radical (unpaired) electrons. The van der Waals surface area contributed by atoms with Crippen LogP contribution >= 0.6 is 0 Å². The Morgan fingerprint density at radius 1 is 1.44 bits per heavy atom. The molecule has 10 heteroatoms. The maximum Gasteiger partial charge on any atom is 0.271 e. The number of piperidine rings is 1. The molecule has 4 rings (SSSR count). The summed E-state index contributed by atoms with van der Waals surface area (Å²) >= 11 is 0. The van der Waals surface area contributed by atoms with Crippen molar-refractivity contribution in [3.63, 3.8) is 0 Å². The Morgan fingerprint density at radius 3 is 3.04 bits per heavy atom. The summed E-state index contributed by atoms with van der Waals surface area (Å²) in [5.41, 5.74) is 6.26. The number of nitrogens with one attached hydrogen (secondary N) is 1. The molecular weight excluding hydrogens is 324 g/mol. The molecule has 130 valence electrons. The standard InChI is InChI=1S/C15H18N8O2/c1-15(25)3-5-22(14(24)9-2-4-20-21-9)6-10(15)23-8-19-11-12(16)17-7-18-13(11)23/h2,4,7-8,10,25H,3,5-6H2,1H3,(H,20,21)(H2,16,17,18)/t10-,15-/m1/s1. The lowest BCUT2D eigenvalue weighted by molar-refractivity contribution is -0.0434. The van der Waals surface area contributed by atoms with Gasteiger partial charge in [0.25, 0.3) is 5.91 Å². The van der Waals surface area contributed by atoms with Crippen LogP contribution in [0.4, 0.5) is 5.82 Å². The molecule has 3 aromatic rings. The van der Waals surface area contributed by atoms with Crippen molar-refractivity contribution in [2.24, 2.45) is 0 Å². The van der Waals surface area contributed by atoms with Gasteiger partial charge < -0.3 is 20.3 Å². The Morgan fingerprint density at radius 2 is 2.28 bits per heavy atom. The Bertz CT molecular complexity index is 917. The molecule has 0 bridgehead atoms. The van der Waals surface area contributed by atoms with Crippen LogP contribution in [0.1, 0.15) is 29.9 Å². The quantitative estimate of drug-likeness (QED) is 0.594. The Hall–Kier alpha value is -3.01. The number of fused-ring (bicyclic) bond motifs is 1. The van der Waals surface area contributed by atoms with Gasteiger partial charge in [-0.25, -0.2) is 15.0 Å². The van der Waals surface area contributed by atoms with E-state index >= 15 is 0 Å². The first-order valence-electron chi connectivity index (χ1n) is 7.91. The highest BCUT2D eigenvalue weighted by molar-refractivity contribution is 5.92. The number of nitrogens with two attached hydrogens (primary N) is 1. The lowest BCUT2D eigenvalue weighted by atomic mass is 9.88. The van der Waals surface area contributed by atoms with Crippen molar-refractivity contribution in [3.05, 3.63) is 30.6 Å². The summed E-state index contributed by atoms with van der Waals surface area (Å²) in [6.45, 7) is 2.53. The summed E-state index contributed by atoms with van der Waals surface area (Å²) in [6.07, 6.45) is 4.91. The van der Waals surface area contributed by atoms with Gasteiger partial charge in [0.05, 0.1) is 18.0 Å². The first-order valence-corrected chi connectivity index (χ1v) is 7.91. The highest BCUT2D eigenvalue weighted by Gasteiger charge is 2.41. The smallest absolute Gasteiger partial charge is 0.271 e. The molecule has 0 spiro atoms. The van der Waals surface area contributed by atoms with Gasteiger partial charge in [-0.2, -0.15) is 5.10 Å². The molecule has 25 heavy (non-hydrogen) atoms. The van der Waals surface area contributed by atoms with Crippen LogP contribution in [0.3, 0.4) is 0 Å². The van der Waals surface area contributed by atoms with E-state index in [9.17, 15) is 9.90 Å². The van der Waals surface area contributed by atoms with Gasteiger partial charge in [0, 0.05) is 19.3 Å². The lowest BCUT2D eigenvalue weighted by Gasteiger charge is -2.43. The first kappa shape index (κ1) is 15.5. The number of hydrogen-bond acceptors (Lipinski definition) is 7. The number of aliphatic hydroxyl groups is 1. The molecule has 0 unspecified atom stereocenters. The minimum atomic E-state index is -1.02. The third-order valence-electron chi connectivity index (χ3n) is 4.74. The molecule has 0 aliphatic carbocycles. The van der Waals surface area contributed by atoms with Crippen LogP contribution in [0.2, 0.25) is 0 Å². The number of carbonyl (C=O) groups is 1. The second kappa shape index (κ2) is 5.52. The first-order chi connectivity index (χ1) is 12.0. The lowest BCUT2D eigenvalue weighted by Crippen LogP contribution is -2.52. The van der Waals surface area contributed by atoms with Crippen LogP contribution in [-0.2, 0) is 0 Å². The molecule has 0 saturated carbocycles. The number of hydrogen-bond donors (Lipinski definition) is 3. The zero-order valence-electron chi connectivity index (χ0n) is 13.6. The third-order valence-corrected chi connectivity index (χ3v) is 4.74. The van der Waals surface area contributed by atoms with Gasteiger partial charge in [-0.05, 0) is 19.4 Å². The molecule has 10 nitrogen and oxygen atoms in total. The van der Waals surface area contributed by atoms with Gasteiger partial charge in [-0.15, -0.1) is 0 Å². The highest BCUT2D eigenvalue weighted by atomic mass is 16.3. The fraction of sp³-hybridized carbons (Fsp3) is 0.400. The van der Waals surface area contributed by atoms with Crippen LogP contribution in [0.5, 0.6) is 0 Å². The molecular formula is C15H18N8O2. The van der Waals surface area contributed by atoms with Crippen LogP contribution < -0.4 is 5.73 Å². The number of aromatic nitrogens is 6. The predicted molar refractivity (Wildman–Crippen MR) is 88.5 cm³/mol. The number of nitrogen functional groups attached to an aromatic ring is 1. The fourth-order valence-electron chi connectivity index (χ4n) is 3.24. The van der Waals surface area contributed by atoms with Gasteiger partial charge in [0.2, 0.25) is 0 Å². The van der Waals surface area contributed by atoms with E-state index in [-0.39, 0.29) is 11.7 Å². The molecule has 1 aliphatic rings. The molecule has 2 atom stereocenters. The van der Waals surface area contributed by atoms with Crippen LogP contribution in [0.25, 0.3) is 11.2 Å². The van der Waals surface area contributed by atoms with E-state index in [1.54, 1.807) is 28.8 Å². The summed E-state index contributed by atoms with van der Waals surface area (Å²) in [4.78, 5) is 26.7. The normalized spacial score (nSPS) is 23.9. The van der Waals surface area contributed by atoms with Crippen molar-refractivity contribution >= 4 is 22.9 Å². The minimum absolute atomic E-state index is 0.156. The number of imidazole rings is 1. The zero-order chi connectivity index (χ0) is 17.6. The van der Waals surface area contributed by atoms with Gasteiger partial charge in [0.15, 0.2) is 11.5 Å². The van der Waals surface area contributed by atoms with Gasteiger partial charge in [-0.1, -0.05) is 0 Å². The Balaban J connectivity index is 1.70. The van der Waals surface area contributed by atoms with Crippen molar-refractivity contribution < 1.29 is 9.90 Å². The third kappa shape index (κ3) is 2.50. The maximum atomic E-state index is 12.6. The Labute approximate surface area is 142 Å². The van der Waals surface area contributed by atoms with Gasteiger partial charge >= 0.3 is 0 Å². The number of aromatic amines is 1. The topological polar surface area (TPSA) is 139 Å². The average molecular weight is 342 g/mol. The highest BCUT2D eigenvalue weighted by Crippen LogP contribution is 2.34. The molecule has 0 aromatic carbocycles. The van der Waals surface area contributed by atoms with Gasteiger partial charge in [0.1, 0.15) is 17.5 Å². The molecule has 1 amide bonds. The van der Waals surface area contributed by atoms with Gasteiger partial charge in [-0.3, -0.25) is 9.89 Å². The molecule has 1 aliphatic heterocycles. The van der Waals surface area contributed by atoms with Crippen molar-refractivity contribution in [1.29, 1.82) is 0 Å². The van der Waals surface area contributed by atoms with E-state index < -0.39 is 11.6 Å². The van der Waals surface area contributed by atoms with E-state index in [0.717, 1.165) is 0 Å². The Kier molecular flexibility index (Phi) is 3.42. The number of carbonyl (C=O) groups excluding carboxylic acids is 1. The number of likely N-dealkylation sites (tertiary alicyclic amines) is 1. The van der Waals surface area contributed by atoms with Crippen LogP contribution in [-0.4, -0.2) is 64.3 Å². The second-order valence-corrected chi connectivity index (χ2v) is 6.43. The molecule has 1 saturated heterocycles. The van der Waals surface area contributed by atoms with Crippen molar-refractivity contribution in [1.82, 2.24) is 34.6 Å². The summed E-state index contributed by atoms with van der Waals surface area (Å²) in [5, 5.41) is 17.4. The largest absolute Gasteiger partial charge is 0.388 e.